The van der Waals surface area contributed by atoms with Crippen molar-refractivity contribution in [2.24, 2.45) is 0 Å². The number of nitrogens with one attached hydrogen (secondary N) is 1. The summed E-state index contributed by atoms with van der Waals surface area (Å²) in [5.41, 5.74) is -1.11. The molecular weight excluding hydrogens is 473 g/mol. The molecule has 0 aliphatic rings. The van der Waals surface area contributed by atoms with Gasteiger partial charge in [-0.25, -0.2) is 4.79 Å². The smallest absolute Gasteiger partial charge is 0.335 e. The molecule has 0 aliphatic carbocycles. The Bertz CT molecular complexity index is 1320. The third-order valence-corrected chi connectivity index (χ3v) is 5.61. The van der Waals surface area contributed by atoms with Gasteiger partial charge in [-0.3, -0.25) is 23.5 Å². The van der Waals surface area contributed by atoms with Crippen LogP contribution in [0.3, 0.4) is 0 Å². The fraction of sp³-hybridized carbons (Fsp3) is 0.182. The number of carboxylic acid groups (broad SMARTS) is 1. The van der Waals surface area contributed by atoms with E-state index in [1.165, 1.54) is 7.11 Å². The minimum Gasteiger partial charge on any atom is -0.497 e. The standard InChI is InChI=1S/C22H19Cl2N3O6/c1-33-15-7-5-14(6-8-15)26-12-16(20(30)25-10-9-18(28)29)21(31)27(22(26)32)11-13-3-2-4-17(23)19(13)24/h2-8,12H,9-11H2,1H3,(H,25,30)(H,28,29). The topological polar surface area (TPSA) is 120 Å². The second kappa shape index (κ2) is 10.4. The lowest BCUT2D eigenvalue weighted by Crippen LogP contribution is -2.44. The summed E-state index contributed by atoms with van der Waals surface area (Å²) in [7, 11) is 1.50. The van der Waals surface area contributed by atoms with Crippen molar-refractivity contribution in [1.29, 1.82) is 0 Å². The molecule has 0 aliphatic heterocycles. The van der Waals surface area contributed by atoms with E-state index in [4.69, 9.17) is 33.0 Å². The summed E-state index contributed by atoms with van der Waals surface area (Å²) in [4.78, 5) is 49.7. The van der Waals surface area contributed by atoms with Crippen LogP contribution in [0.15, 0.2) is 58.3 Å². The number of ether oxygens (including phenoxy) is 1. The first-order valence-corrected chi connectivity index (χ1v) is 10.4. The molecule has 9 nitrogen and oxygen atoms in total. The Morgan fingerprint density at radius 1 is 1.09 bits per heavy atom. The Morgan fingerprint density at radius 3 is 2.42 bits per heavy atom. The molecule has 0 spiro atoms. The summed E-state index contributed by atoms with van der Waals surface area (Å²) >= 11 is 12.3. The van der Waals surface area contributed by atoms with Crippen molar-refractivity contribution in [2.75, 3.05) is 13.7 Å². The first-order chi connectivity index (χ1) is 15.7. The van der Waals surface area contributed by atoms with Gasteiger partial charge in [-0.2, -0.15) is 0 Å². The lowest BCUT2D eigenvalue weighted by atomic mass is 10.2. The van der Waals surface area contributed by atoms with E-state index in [9.17, 15) is 19.2 Å². The highest BCUT2D eigenvalue weighted by molar-refractivity contribution is 6.42. The zero-order valence-corrected chi connectivity index (χ0v) is 18.9. The minimum absolute atomic E-state index is 0.178. The summed E-state index contributed by atoms with van der Waals surface area (Å²) in [5.74, 6) is -1.36. The largest absolute Gasteiger partial charge is 0.497 e. The number of hydrogen-bond acceptors (Lipinski definition) is 5. The SMILES string of the molecule is COc1ccc(-n2cc(C(=O)NCCC(=O)O)c(=O)n(Cc3cccc(Cl)c3Cl)c2=O)cc1. The number of carbonyl (C=O) groups is 2. The molecule has 0 fully saturated rings. The van der Waals surface area contributed by atoms with Crippen LogP contribution in [0.4, 0.5) is 0 Å². The molecule has 0 bridgehead atoms. The van der Waals surface area contributed by atoms with Gasteiger partial charge in [0.05, 0.1) is 35.8 Å². The van der Waals surface area contributed by atoms with Crippen LogP contribution in [0.5, 0.6) is 5.75 Å². The number of halogens is 2. The molecule has 0 saturated carbocycles. The lowest BCUT2D eigenvalue weighted by molar-refractivity contribution is -0.136. The van der Waals surface area contributed by atoms with Crippen LogP contribution in [-0.2, 0) is 11.3 Å². The van der Waals surface area contributed by atoms with E-state index in [0.29, 0.717) is 17.0 Å². The number of nitrogens with zero attached hydrogens (tertiary/aromatic N) is 2. The number of carboxylic acids is 1. The molecule has 3 rings (SSSR count). The molecule has 3 aromatic rings. The number of aliphatic carboxylic acids is 1. The van der Waals surface area contributed by atoms with Crippen molar-refractivity contribution in [2.45, 2.75) is 13.0 Å². The number of hydrogen-bond donors (Lipinski definition) is 2. The van der Waals surface area contributed by atoms with Gasteiger partial charge in [0.25, 0.3) is 11.5 Å². The Labute approximate surface area is 197 Å². The van der Waals surface area contributed by atoms with Crippen LogP contribution in [0.1, 0.15) is 22.3 Å². The van der Waals surface area contributed by atoms with E-state index in [1.807, 2.05) is 0 Å². The molecule has 0 unspecified atom stereocenters. The first kappa shape index (κ1) is 24.1. The molecular formula is C22H19Cl2N3O6. The number of amides is 1. The fourth-order valence-corrected chi connectivity index (χ4v) is 3.42. The summed E-state index contributed by atoms with van der Waals surface area (Å²) in [6.07, 6.45) is 0.800. The molecule has 1 heterocycles. The van der Waals surface area contributed by atoms with E-state index >= 15 is 0 Å². The maximum absolute atomic E-state index is 13.2. The monoisotopic (exact) mass is 491 g/mol. The Hall–Kier alpha value is -3.56. The number of methoxy groups -OCH3 is 1. The van der Waals surface area contributed by atoms with Crippen LogP contribution in [-0.4, -0.2) is 39.8 Å². The van der Waals surface area contributed by atoms with Crippen LogP contribution < -0.4 is 21.3 Å². The highest BCUT2D eigenvalue weighted by Gasteiger charge is 2.19. The second-order valence-electron chi connectivity index (χ2n) is 6.90. The number of rotatable bonds is 8. The van der Waals surface area contributed by atoms with E-state index in [1.54, 1.807) is 42.5 Å². The number of carbonyl (C=O) groups excluding carboxylic acids is 1. The maximum atomic E-state index is 13.2. The summed E-state index contributed by atoms with van der Waals surface area (Å²) in [6, 6.07) is 11.2. The quantitative estimate of drug-likeness (QED) is 0.499. The van der Waals surface area contributed by atoms with Crippen LogP contribution >= 0.6 is 23.2 Å². The molecule has 33 heavy (non-hydrogen) atoms. The highest BCUT2D eigenvalue weighted by Crippen LogP contribution is 2.25. The van der Waals surface area contributed by atoms with E-state index in [-0.39, 0.29) is 35.1 Å². The molecule has 1 amide bonds. The van der Waals surface area contributed by atoms with E-state index in [2.05, 4.69) is 5.32 Å². The van der Waals surface area contributed by atoms with Gasteiger partial charge >= 0.3 is 11.7 Å². The Balaban J connectivity index is 2.14. The van der Waals surface area contributed by atoms with Gasteiger partial charge in [0, 0.05) is 12.7 Å². The van der Waals surface area contributed by atoms with Crippen molar-refractivity contribution in [3.8, 4) is 11.4 Å². The molecule has 1 aromatic heterocycles. The number of aromatic nitrogens is 2. The van der Waals surface area contributed by atoms with Crippen LogP contribution in [0.2, 0.25) is 10.0 Å². The molecule has 0 saturated heterocycles. The average molecular weight is 492 g/mol. The Kier molecular flexibility index (Phi) is 7.57. The van der Waals surface area contributed by atoms with E-state index < -0.39 is 23.1 Å². The van der Waals surface area contributed by atoms with Crippen molar-refractivity contribution in [1.82, 2.24) is 14.5 Å². The number of benzene rings is 2. The van der Waals surface area contributed by atoms with Crippen molar-refractivity contribution in [3.05, 3.63) is 90.7 Å². The minimum atomic E-state index is -1.11. The van der Waals surface area contributed by atoms with Gasteiger partial charge in [0.15, 0.2) is 0 Å². The third kappa shape index (κ3) is 5.44. The van der Waals surface area contributed by atoms with Gasteiger partial charge in [0.2, 0.25) is 0 Å². The maximum Gasteiger partial charge on any atom is 0.335 e. The molecule has 0 atom stereocenters. The van der Waals surface area contributed by atoms with Gasteiger partial charge in [-0.1, -0.05) is 35.3 Å². The summed E-state index contributed by atoms with van der Waals surface area (Å²) < 4.78 is 7.14. The summed E-state index contributed by atoms with van der Waals surface area (Å²) in [5, 5.41) is 11.6. The van der Waals surface area contributed by atoms with Crippen molar-refractivity contribution in [3.63, 3.8) is 0 Å². The normalized spacial score (nSPS) is 10.6. The van der Waals surface area contributed by atoms with Gasteiger partial charge in [0.1, 0.15) is 11.3 Å². The molecule has 2 N–H and O–H groups in total. The lowest BCUT2D eigenvalue weighted by Gasteiger charge is -2.14. The predicted molar refractivity (Wildman–Crippen MR) is 123 cm³/mol. The third-order valence-electron chi connectivity index (χ3n) is 4.75. The van der Waals surface area contributed by atoms with Gasteiger partial charge in [-0.05, 0) is 35.9 Å². The van der Waals surface area contributed by atoms with Crippen molar-refractivity contribution >= 4 is 35.1 Å². The zero-order valence-electron chi connectivity index (χ0n) is 17.4. The Morgan fingerprint density at radius 2 is 1.79 bits per heavy atom. The van der Waals surface area contributed by atoms with Crippen LogP contribution in [0.25, 0.3) is 5.69 Å². The molecule has 2 aromatic carbocycles. The van der Waals surface area contributed by atoms with Crippen LogP contribution in [0, 0.1) is 0 Å². The van der Waals surface area contributed by atoms with Gasteiger partial charge < -0.3 is 15.2 Å². The molecule has 0 radical (unpaired) electrons. The summed E-state index contributed by atoms with van der Waals surface area (Å²) in [6.45, 7) is -0.418. The first-order valence-electron chi connectivity index (χ1n) is 9.66. The van der Waals surface area contributed by atoms with E-state index in [0.717, 1.165) is 15.3 Å². The van der Waals surface area contributed by atoms with Gasteiger partial charge in [-0.15, -0.1) is 0 Å². The average Bonchev–Trinajstić information content (AvgIpc) is 2.79. The predicted octanol–water partition coefficient (Wildman–Crippen LogP) is 2.57. The molecule has 11 heteroatoms. The molecule has 172 valence electrons. The fourth-order valence-electron chi connectivity index (χ4n) is 3.04. The van der Waals surface area contributed by atoms with Crippen molar-refractivity contribution < 1.29 is 19.4 Å². The zero-order chi connectivity index (χ0) is 24.1. The second-order valence-corrected chi connectivity index (χ2v) is 7.68. The highest BCUT2D eigenvalue weighted by atomic mass is 35.5.